The molecule has 3 aromatic rings. The number of hydrogen-bond donors (Lipinski definition) is 1. The lowest BCUT2D eigenvalue weighted by atomic mass is 10.0. The monoisotopic (exact) mass is 414 g/mol. The third-order valence-electron chi connectivity index (χ3n) is 4.44. The average Bonchev–Trinajstić information content (AvgIpc) is 3.39. The van der Waals surface area contributed by atoms with Crippen molar-refractivity contribution < 1.29 is 4.79 Å². The topological polar surface area (TPSA) is 95.4 Å². The first-order valence-corrected chi connectivity index (χ1v) is 10.4. The van der Waals surface area contributed by atoms with Crippen molar-refractivity contribution in [3.05, 3.63) is 66.4 Å². The Bertz CT molecular complexity index is 1140. The number of nitrogens with one attached hydrogen (secondary N) is 1. The predicted molar refractivity (Wildman–Crippen MR) is 119 cm³/mol. The number of carbonyl (C=O) groups excluding carboxylic acids is 1. The van der Waals surface area contributed by atoms with E-state index in [2.05, 4.69) is 51.0 Å². The van der Waals surface area contributed by atoms with Gasteiger partial charge in [-0.15, -0.1) is 5.10 Å². The lowest BCUT2D eigenvalue weighted by Crippen LogP contribution is -2.19. The van der Waals surface area contributed by atoms with Crippen LogP contribution in [0, 0.1) is 11.3 Å². The zero-order valence-corrected chi connectivity index (χ0v) is 16.8. The Labute approximate surface area is 178 Å². The van der Waals surface area contributed by atoms with E-state index in [0.717, 1.165) is 27.9 Å². The molecule has 0 aliphatic carbocycles. The lowest BCUT2D eigenvalue weighted by Gasteiger charge is -2.04. The zero-order valence-electron chi connectivity index (χ0n) is 16.0. The van der Waals surface area contributed by atoms with E-state index in [1.807, 2.05) is 36.5 Å². The first kappa shape index (κ1) is 19.6. The molecule has 1 fully saturated rings. The summed E-state index contributed by atoms with van der Waals surface area (Å²) in [6.07, 6.45) is 3.84. The van der Waals surface area contributed by atoms with E-state index < -0.39 is 0 Å². The molecule has 4 rings (SSSR count). The molecular formula is C22H18N6OS. The van der Waals surface area contributed by atoms with Gasteiger partial charge in [0.25, 0.3) is 0 Å². The van der Waals surface area contributed by atoms with E-state index in [1.54, 1.807) is 10.9 Å². The molecule has 0 unspecified atom stereocenters. The maximum atomic E-state index is 11.3. The van der Waals surface area contributed by atoms with Crippen LogP contribution < -0.4 is 5.32 Å². The Balaban J connectivity index is 1.62. The summed E-state index contributed by atoms with van der Waals surface area (Å²) >= 11 is 1.32. The number of nitrogens with zero attached hydrogens (tertiary/aromatic N) is 5. The summed E-state index contributed by atoms with van der Waals surface area (Å²) < 4.78 is 1.74. The van der Waals surface area contributed by atoms with Crippen LogP contribution in [0.4, 0.5) is 0 Å². The number of hydrogen-bond acceptors (Lipinski definition) is 6. The molecule has 0 atom stereocenters. The summed E-state index contributed by atoms with van der Waals surface area (Å²) in [6, 6.07) is 20.5. The normalized spacial score (nSPS) is 14.9. The van der Waals surface area contributed by atoms with Crippen molar-refractivity contribution in [2.75, 3.05) is 5.75 Å². The minimum absolute atomic E-state index is 0.0718. The molecule has 1 aromatic heterocycles. The fourth-order valence-corrected chi connectivity index (χ4v) is 3.64. The Kier molecular flexibility index (Phi) is 6.01. The van der Waals surface area contributed by atoms with E-state index in [9.17, 15) is 4.79 Å². The number of aromatic nitrogens is 2. The molecule has 1 aliphatic rings. The largest absolute Gasteiger partial charge is 0.303 e. The third-order valence-corrected chi connectivity index (χ3v) is 5.30. The second-order valence-corrected chi connectivity index (χ2v) is 7.50. The molecule has 30 heavy (non-hydrogen) atoms. The highest BCUT2D eigenvalue weighted by atomic mass is 32.2. The summed E-state index contributed by atoms with van der Waals surface area (Å²) in [6.45, 7) is 0.500. The Hall–Kier alpha value is -3.70. The van der Waals surface area contributed by atoms with E-state index >= 15 is 0 Å². The Morgan fingerprint density at radius 2 is 1.87 bits per heavy atom. The smallest absolute Gasteiger partial charge is 0.236 e. The molecule has 148 valence electrons. The van der Waals surface area contributed by atoms with Crippen molar-refractivity contribution in [3.63, 3.8) is 0 Å². The van der Waals surface area contributed by atoms with Crippen LogP contribution in [0.15, 0.2) is 71.0 Å². The van der Waals surface area contributed by atoms with Crippen LogP contribution in [0.3, 0.4) is 0 Å². The van der Waals surface area contributed by atoms with Gasteiger partial charge in [-0.1, -0.05) is 66.4 Å². The van der Waals surface area contributed by atoms with Crippen LogP contribution in [-0.4, -0.2) is 32.8 Å². The SMILES string of the molecule is N#CCCn1cc(C=NN=C2NC(=O)CS2)c(-c2ccc(-c3ccccc3)cc2)n1. The molecule has 7 nitrogen and oxygen atoms in total. The van der Waals surface area contributed by atoms with Gasteiger partial charge in [-0.25, -0.2) is 0 Å². The van der Waals surface area contributed by atoms with E-state index in [0.29, 0.717) is 23.9 Å². The standard InChI is InChI=1S/C22H18N6OS/c23-11-4-12-28-14-19(13-24-26-22-25-20(29)15-30-22)21(27-28)18-9-7-17(8-10-18)16-5-2-1-3-6-16/h1-3,5-10,13-14H,4,12,15H2,(H,25,26,29). The first-order chi connectivity index (χ1) is 14.7. The predicted octanol–water partition coefficient (Wildman–Crippen LogP) is 3.68. The van der Waals surface area contributed by atoms with Crippen LogP contribution in [-0.2, 0) is 11.3 Å². The minimum Gasteiger partial charge on any atom is -0.303 e. The molecule has 8 heteroatoms. The molecule has 0 radical (unpaired) electrons. The highest BCUT2D eigenvalue weighted by molar-refractivity contribution is 8.15. The maximum absolute atomic E-state index is 11.3. The first-order valence-electron chi connectivity index (χ1n) is 9.37. The summed E-state index contributed by atoms with van der Waals surface area (Å²) in [7, 11) is 0. The minimum atomic E-state index is -0.0718. The van der Waals surface area contributed by atoms with Crippen LogP contribution >= 0.6 is 11.8 Å². The number of carbonyl (C=O) groups is 1. The lowest BCUT2D eigenvalue weighted by molar-refractivity contribution is -0.116. The number of amides is 1. The molecule has 0 saturated carbocycles. The fraction of sp³-hybridized carbons (Fsp3) is 0.136. The zero-order chi connectivity index (χ0) is 20.8. The third kappa shape index (κ3) is 4.64. The van der Waals surface area contributed by atoms with Gasteiger partial charge >= 0.3 is 0 Å². The summed E-state index contributed by atoms with van der Waals surface area (Å²) in [5, 5.41) is 24.8. The van der Waals surface area contributed by atoms with Gasteiger partial charge in [0.05, 0.1) is 31.0 Å². The second-order valence-electron chi connectivity index (χ2n) is 6.53. The summed E-state index contributed by atoms with van der Waals surface area (Å²) in [5.74, 6) is 0.289. The van der Waals surface area contributed by atoms with Crippen molar-refractivity contribution in [2.45, 2.75) is 13.0 Å². The average molecular weight is 414 g/mol. The van der Waals surface area contributed by atoms with Gasteiger partial charge in [0.1, 0.15) is 5.69 Å². The van der Waals surface area contributed by atoms with Crippen LogP contribution in [0.5, 0.6) is 0 Å². The molecule has 2 heterocycles. The molecular weight excluding hydrogens is 396 g/mol. The molecule has 1 saturated heterocycles. The van der Waals surface area contributed by atoms with Crippen molar-refractivity contribution in [1.82, 2.24) is 15.1 Å². The Morgan fingerprint density at radius 3 is 2.57 bits per heavy atom. The summed E-state index contributed by atoms with van der Waals surface area (Å²) in [4.78, 5) is 11.3. The van der Waals surface area contributed by atoms with Gasteiger partial charge in [0.2, 0.25) is 5.91 Å². The molecule has 1 amide bonds. The quantitative estimate of drug-likeness (QED) is 0.492. The molecule has 2 aromatic carbocycles. The van der Waals surface area contributed by atoms with Crippen molar-refractivity contribution in [3.8, 4) is 28.5 Å². The van der Waals surface area contributed by atoms with Gasteiger partial charge in [0, 0.05) is 17.3 Å². The van der Waals surface area contributed by atoms with Gasteiger partial charge in [-0.2, -0.15) is 15.5 Å². The number of nitriles is 1. The van der Waals surface area contributed by atoms with Gasteiger partial charge in [-0.05, 0) is 11.1 Å². The van der Waals surface area contributed by atoms with E-state index in [1.165, 1.54) is 11.8 Å². The molecule has 0 spiro atoms. The number of benzene rings is 2. The van der Waals surface area contributed by atoms with E-state index in [4.69, 9.17) is 5.26 Å². The van der Waals surface area contributed by atoms with Crippen LogP contribution in [0.2, 0.25) is 0 Å². The molecule has 1 N–H and O–H groups in total. The number of amidine groups is 1. The van der Waals surface area contributed by atoms with Crippen LogP contribution in [0.25, 0.3) is 22.4 Å². The number of rotatable bonds is 6. The van der Waals surface area contributed by atoms with Crippen LogP contribution in [0.1, 0.15) is 12.0 Å². The maximum Gasteiger partial charge on any atom is 0.236 e. The number of aryl methyl sites for hydroxylation is 1. The second kappa shape index (κ2) is 9.20. The highest BCUT2D eigenvalue weighted by Gasteiger charge is 2.16. The van der Waals surface area contributed by atoms with Gasteiger partial charge in [-0.3, -0.25) is 9.48 Å². The van der Waals surface area contributed by atoms with Crippen molar-refractivity contribution in [1.29, 1.82) is 5.26 Å². The van der Waals surface area contributed by atoms with Crippen molar-refractivity contribution in [2.24, 2.45) is 10.2 Å². The van der Waals surface area contributed by atoms with Gasteiger partial charge in [0.15, 0.2) is 5.17 Å². The number of thioether (sulfide) groups is 1. The van der Waals surface area contributed by atoms with Gasteiger partial charge < -0.3 is 5.32 Å². The van der Waals surface area contributed by atoms with E-state index in [-0.39, 0.29) is 5.91 Å². The molecule has 0 bridgehead atoms. The fourth-order valence-electron chi connectivity index (χ4n) is 3.01. The summed E-state index contributed by atoms with van der Waals surface area (Å²) in [5.41, 5.74) is 4.78. The van der Waals surface area contributed by atoms with Crippen molar-refractivity contribution >= 4 is 29.1 Å². The molecule has 1 aliphatic heterocycles. The Morgan fingerprint density at radius 1 is 1.13 bits per heavy atom. The highest BCUT2D eigenvalue weighted by Crippen LogP contribution is 2.26.